The number of aromatic amines is 1. The number of anilines is 1. The van der Waals surface area contributed by atoms with Gasteiger partial charge in [0.05, 0.1) is 19.9 Å². The van der Waals surface area contributed by atoms with Gasteiger partial charge >= 0.3 is 0 Å². The number of ether oxygens (including phenoxy) is 2. The number of nitrogens with one attached hydrogen (secondary N) is 1. The fourth-order valence-corrected chi connectivity index (χ4v) is 3.27. The Morgan fingerprint density at radius 3 is 2.38 bits per heavy atom. The first-order valence-electron chi connectivity index (χ1n) is 9.41. The van der Waals surface area contributed by atoms with Crippen molar-refractivity contribution in [3.8, 4) is 11.5 Å². The Balaban J connectivity index is 1.72. The third kappa shape index (κ3) is 4.18. The summed E-state index contributed by atoms with van der Waals surface area (Å²) in [5.41, 5.74) is -0.123. The molecule has 0 spiro atoms. The van der Waals surface area contributed by atoms with Crippen LogP contribution in [0, 0.1) is 5.82 Å². The van der Waals surface area contributed by atoms with E-state index >= 15 is 0 Å². The Labute approximate surface area is 168 Å². The van der Waals surface area contributed by atoms with E-state index in [4.69, 9.17) is 9.47 Å². The number of H-pyrrole nitrogens is 1. The second-order valence-corrected chi connectivity index (χ2v) is 7.09. The molecule has 0 saturated carbocycles. The van der Waals surface area contributed by atoms with Gasteiger partial charge in [0, 0.05) is 31.7 Å². The molecule has 0 unspecified atom stereocenters. The van der Waals surface area contributed by atoms with Gasteiger partial charge in [0.15, 0.2) is 11.5 Å². The highest BCUT2D eigenvalue weighted by molar-refractivity contribution is 5.95. The van der Waals surface area contributed by atoms with Gasteiger partial charge in [-0.3, -0.25) is 14.6 Å². The minimum absolute atomic E-state index is 0.117. The van der Waals surface area contributed by atoms with Gasteiger partial charge in [-0.1, -0.05) is 13.8 Å². The highest BCUT2D eigenvalue weighted by atomic mass is 19.1. The van der Waals surface area contributed by atoms with Gasteiger partial charge in [-0.15, -0.1) is 0 Å². The number of amides is 1. The van der Waals surface area contributed by atoms with Crippen LogP contribution in [0.25, 0.3) is 0 Å². The molecule has 1 N–H and O–H groups in total. The van der Waals surface area contributed by atoms with Crippen LogP contribution in [0.2, 0.25) is 0 Å². The van der Waals surface area contributed by atoms with E-state index in [1.54, 1.807) is 36.9 Å². The van der Waals surface area contributed by atoms with E-state index in [-0.39, 0.29) is 17.5 Å². The summed E-state index contributed by atoms with van der Waals surface area (Å²) < 4.78 is 24.4. The first-order chi connectivity index (χ1) is 13.8. The lowest BCUT2D eigenvalue weighted by Crippen LogP contribution is -2.49. The van der Waals surface area contributed by atoms with Gasteiger partial charge in [-0.05, 0) is 24.1 Å². The van der Waals surface area contributed by atoms with Crippen LogP contribution in [0.3, 0.4) is 0 Å². The number of carbonyl (C=O) groups is 1. The summed E-state index contributed by atoms with van der Waals surface area (Å²) >= 11 is 0. The normalized spacial score (nSPS) is 14.3. The number of halogens is 1. The number of methoxy groups -OCH3 is 2. The Morgan fingerprint density at radius 2 is 1.79 bits per heavy atom. The molecule has 1 aromatic carbocycles. The molecule has 1 fully saturated rings. The molecule has 1 aliphatic rings. The maximum atomic E-state index is 14.0. The number of rotatable bonds is 5. The average molecular weight is 404 g/mol. The molecule has 1 amide bonds. The monoisotopic (exact) mass is 404 g/mol. The lowest BCUT2D eigenvalue weighted by Gasteiger charge is -2.35. The fraction of sp³-hybridized carbons (Fsp3) is 0.450. The fourth-order valence-electron chi connectivity index (χ4n) is 3.27. The molecule has 1 aromatic heterocycles. The van der Waals surface area contributed by atoms with Crippen molar-refractivity contribution in [2.45, 2.75) is 19.8 Å². The topological polar surface area (TPSA) is 87.8 Å². The van der Waals surface area contributed by atoms with E-state index in [0.717, 1.165) is 0 Å². The van der Waals surface area contributed by atoms with E-state index in [2.05, 4.69) is 9.97 Å². The maximum absolute atomic E-state index is 14.0. The SMILES string of the molecule is COc1ccc(C(=O)N2CCN(c3nc(C(C)C)c(F)c(=O)[nH]3)CC2)cc1OC. The van der Waals surface area contributed by atoms with Gasteiger partial charge in [0.1, 0.15) is 0 Å². The van der Waals surface area contributed by atoms with Gasteiger partial charge in [0.2, 0.25) is 11.8 Å². The lowest BCUT2D eigenvalue weighted by molar-refractivity contribution is 0.0745. The Morgan fingerprint density at radius 1 is 1.14 bits per heavy atom. The third-order valence-corrected chi connectivity index (χ3v) is 4.92. The number of piperazine rings is 1. The molecular weight excluding hydrogens is 379 g/mol. The third-order valence-electron chi connectivity index (χ3n) is 4.92. The Kier molecular flexibility index (Phi) is 6.05. The van der Waals surface area contributed by atoms with Crippen LogP contribution in [-0.2, 0) is 0 Å². The van der Waals surface area contributed by atoms with Gasteiger partial charge in [0.25, 0.3) is 11.5 Å². The quantitative estimate of drug-likeness (QED) is 0.820. The zero-order valence-corrected chi connectivity index (χ0v) is 17.0. The molecule has 156 valence electrons. The van der Waals surface area contributed by atoms with E-state index in [1.807, 2.05) is 4.90 Å². The Bertz CT molecular complexity index is 952. The molecule has 0 atom stereocenters. The largest absolute Gasteiger partial charge is 0.493 e. The van der Waals surface area contributed by atoms with E-state index in [9.17, 15) is 14.0 Å². The number of hydrogen-bond donors (Lipinski definition) is 1. The van der Waals surface area contributed by atoms with E-state index in [0.29, 0.717) is 49.2 Å². The van der Waals surface area contributed by atoms with Crippen LogP contribution >= 0.6 is 0 Å². The molecule has 8 nitrogen and oxygen atoms in total. The molecular formula is C20H25FN4O4. The number of nitrogens with zero attached hydrogens (tertiary/aromatic N) is 3. The van der Waals surface area contributed by atoms with Crippen LogP contribution in [0.4, 0.5) is 10.3 Å². The zero-order chi connectivity index (χ0) is 21.1. The molecule has 2 aromatic rings. The van der Waals surface area contributed by atoms with Crippen molar-refractivity contribution >= 4 is 11.9 Å². The van der Waals surface area contributed by atoms with Crippen molar-refractivity contribution in [3.05, 3.63) is 45.6 Å². The number of benzene rings is 1. The van der Waals surface area contributed by atoms with Crippen LogP contribution < -0.4 is 19.9 Å². The molecule has 0 bridgehead atoms. The van der Waals surface area contributed by atoms with Gasteiger partial charge in [-0.25, -0.2) is 4.98 Å². The smallest absolute Gasteiger partial charge is 0.288 e. The molecule has 2 heterocycles. The standard InChI is InChI=1S/C20H25FN4O4/c1-12(2)17-16(21)18(26)23-20(22-17)25-9-7-24(8-10-25)19(27)13-5-6-14(28-3)15(11-13)29-4/h5-6,11-12H,7-10H2,1-4H3,(H,22,23,26). The predicted octanol–water partition coefficient (Wildman–Crippen LogP) is 2.01. The molecule has 0 aliphatic carbocycles. The molecule has 0 radical (unpaired) electrons. The van der Waals surface area contributed by atoms with Crippen molar-refractivity contribution in [1.82, 2.24) is 14.9 Å². The summed E-state index contributed by atoms with van der Waals surface area (Å²) in [7, 11) is 3.06. The van der Waals surface area contributed by atoms with Crippen molar-refractivity contribution in [3.63, 3.8) is 0 Å². The predicted molar refractivity (Wildman–Crippen MR) is 107 cm³/mol. The highest BCUT2D eigenvalue weighted by Gasteiger charge is 2.25. The van der Waals surface area contributed by atoms with Gasteiger partial charge < -0.3 is 19.3 Å². The van der Waals surface area contributed by atoms with Crippen LogP contribution in [0.15, 0.2) is 23.0 Å². The molecule has 29 heavy (non-hydrogen) atoms. The number of aromatic nitrogens is 2. The molecule has 1 aliphatic heterocycles. The molecule has 3 rings (SSSR count). The number of hydrogen-bond acceptors (Lipinski definition) is 6. The zero-order valence-electron chi connectivity index (χ0n) is 17.0. The average Bonchev–Trinajstić information content (AvgIpc) is 2.74. The lowest BCUT2D eigenvalue weighted by atomic mass is 10.1. The van der Waals surface area contributed by atoms with Crippen LogP contribution in [0.5, 0.6) is 11.5 Å². The molecule has 9 heteroatoms. The minimum atomic E-state index is -0.842. The summed E-state index contributed by atoms with van der Waals surface area (Å²) in [4.78, 5) is 35.1. The van der Waals surface area contributed by atoms with Crippen molar-refractivity contribution in [1.29, 1.82) is 0 Å². The maximum Gasteiger partial charge on any atom is 0.288 e. The van der Waals surface area contributed by atoms with E-state index in [1.165, 1.54) is 14.2 Å². The van der Waals surface area contributed by atoms with Crippen LogP contribution in [0.1, 0.15) is 35.8 Å². The molecule has 1 saturated heterocycles. The summed E-state index contributed by atoms with van der Waals surface area (Å²) in [5.74, 6) is 0.217. The van der Waals surface area contributed by atoms with Crippen molar-refractivity contribution < 1.29 is 18.7 Å². The summed E-state index contributed by atoms with van der Waals surface area (Å²) in [5, 5.41) is 0. The summed E-state index contributed by atoms with van der Waals surface area (Å²) in [6.07, 6.45) is 0. The summed E-state index contributed by atoms with van der Waals surface area (Å²) in [6, 6.07) is 5.05. The number of carbonyl (C=O) groups excluding carboxylic acids is 1. The van der Waals surface area contributed by atoms with Crippen LogP contribution in [-0.4, -0.2) is 61.2 Å². The second kappa shape index (κ2) is 8.50. The Hall–Kier alpha value is -3.10. The minimum Gasteiger partial charge on any atom is -0.493 e. The highest BCUT2D eigenvalue weighted by Crippen LogP contribution is 2.28. The first-order valence-corrected chi connectivity index (χ1v) is 9.41. The second-order valence-electron chi connectivity index (χ2n) is 7.09. The van der Waals surface area contributed by atoms with Crippen molar-refractivity contribution in [2.75, 3.05) is 45.3 Å². The van der Waals surface area contributed by atoms with Crippen molar-refractivity contribution in [2.24, 2.45) is 0 Å². The first kappa shape index (κ1) is 20.6. The van der Waals surface area contributed by atoms with Gasteiger partial charge in [-0.2, -0.15) is 4.39 Å². The van der Waals surface area contributed by atoms with E-state index < -0.39 is 11.4 Å². The summed E-state index contributed by atoms with van der Waals surface area (Å²) in [6.45, 7) is 5.43.